The van der Waals surface area contributed by atoms with Crippen molar-refractivity contribution in [1.29, 1.82) is 0 Å². The number of rotatable bonds is 6. The van der Waals surface area contributed by atoms with Gasteiger partial charge >= 0.3 is 0 Å². The number of hydrogen-bond acceptors (Lipinski definition) is 5. The van der Waals surface area contributed by atoms with Crippen LogP contribution in [0.25, 0.3) is 0 Å². The van der Waals surface area contributed by atoms with Gasteiger partial charge in [0.05, 0.1) is 6.04 Å². The van der Waals surface area contributed by atoms with E-state index in [1.807, 2.05) is 30.3 Å². The van der Waals surface area contributed by atoms with Crippen LogP contribution in [0.2, 0.25) is 0 Å². The summed E-state index contributed by atoms with van der Waals surface area (Å²) in [6, 6.07) is 10.6. The molecule has 1 aromatic carbocycles. The maximum atomic E-state index is 12.5. The maximum absolute atomic E-state index is 12.5. The minimum Gasteiger partial charge on any atom is -0.384 e. The molecule has 4 N–H and O–H groups in total. The van der Waals surface area contributed by atoms with Gasteiger partial charge in [0.1, 0.15) is 5.82 Å². The second-order valence-corrected chi connectivity index (χ2v) is 7.57. The summed E-state index contributed by atoms with van der Waals surface area (Å²) in [6.07, 6.45) is 3.39. The Bertz CT molecular complexity index is 822. The van der Waals surface area contributed by atoms with Gasteiger partial charge in [-0.25, -0.2) is 9.97 Å². The molecule has 0 aliphatic heterocycles. The van der Waals surface area contributed by atoms with E-state index in [9.17, 15) is 9.59 Å². The number of hydrogen-bond donors (Lipinski definition) is 3. The van der Waals surface area contributed by atoms with Crippen molar-refractivity contribution in [3.8, 4) is 0 Å². The highest BCUT2D eigenvalue weighted by Gasteiger charge is 2.43. The number of anilines is 1. The van der Waals surface area contributed by atoms with Crippen LogP contribution in [0.3, 0.4) is 0 Å². The highest BCUT2D eigenvalue weighted by atomic mass is 16.2. The zero-order valence-corrected chi connectivity index (χ0v) is 15.6. The third kappa shape index (κ3) is 4.42. The van der Waals surface area contributed by atoms with Crippen molar-refractivity contribution in [2.75, 3.05) is 12.3 Å². The van der Waals surface area contributed by atoms with Crippen LogP contribution in [-0.4, -0.2) is 28.3 Å². The summed E-state index contributed by atoms with van der Waals surface area (Å²) in [6.45, 7) is 4.51. The van der Waals surface area contributed by atoms with Gasteiger partial charge in [-0.1, -0.05) is 44.2 Å². The van der Waals surface area contributed by atoms with Crippen LogP contribution in [0.15, 0.2) is 42.6 Å². The molecule has 27 heavy (non-hydrogen) atoms. The molecule has 0 radical (unpaired) electrons. The topological polar surface area (TPSA) is 110 Å². The Kier molecular flexibility index (Phi) is 5.39. The number of nitrogens with two attached hydrogens (primary N) is 1. The first-order valence-electron chi connectivity index (χ1n) is 9.09. The van der Waals surface area contributed by atoms with Crippen molar-refractivity contribution in [1.82, 2.24) is 20.6 Å². The molecule has 1 fully saturated rings. The molecule has 1 aliphatic rings. The highest BCUT2D eigenvalue weighted by molar-refractivity contribution is 5.91. The van der Waals surface area contributed by atoms with Crippen LogP contribution in [0.4, 0.5) is 5.82 Å². The van der Waals surface area contributed by atoms with Crippen LogP contribution in [0.5, 0.6) is 0 Å². The van der Waals surface area contributed by atoms with Gasteiger partial charge in [0.15, 0.2) is 0 Å². The normalized spacial score (nSPS) is 18.8. The number of carbonyl (C=O) groups excluding carboxylic acids is 2. The van der Waals surface area contributed by atoms with Gasteiger partial charge in [0.25, 0.3) is 5.91 Å². The third-order valence-electron chi connectivity index (χ3n) is 5.21. The molecule has 1 aromatic heterocycles. The zero-order chi connectivity index (χ0) is 19.4. The SMILES string of the molecule is CC1(C)CCC1C(=O)NC[C@H](NC(=O)c1nccc(N)n1)c1ccccc1. The molecular formula is C20H25N5O2. The summed E-state index contributed by atoms with van der Waals surface area (Å²) in [5, 5.41) is 5.88. The smallest absolute Gasteiger partial charge is 0.289 e. The molecule has 7 nitrogen and oxygen atoms in total. The molecule has 1 heterocycles. The number of nitrogen functional groups attached to an aromatic ring is 1. The average Bonchev–Trinajstić information content (AvgIpc) is 2.64. The van der Waals surface area contributed by atoms with Gasteiger partial charge < -0.3 is 16.4 Å². The molecule has 142 valence electrons. The fourth-order valence-electron chi connectivity index (χ4n) is 3.32. The number of aromatic nitrogens is 2. The Hall–Kier alpha value is -2.96. The van der Waals surface area contributed by atoms with E-state index in [2.05, 4.69) is 34.4 Å². The number of benzene rings is 1. The first-order valence-corrected chi connectivity index (χ1v) is 9.09. The van der Waals surface area contributed by atoms with Gasteiger partial charge in [0, 0.05) is 18.7 Å². The Morgan fingerprint density at radius 1 is 1.26 bits per heavy atom. The van der Waals surface area contributed by atoms with E-state index in [1.165, 1.54) is 12.3 Å². The molecule has 0 spiro atoms. The Morgan fingerprint density at radius 2 is 2.00 bits per heavy atom. The lowest BCUT2D eigenvalue weighted by Gasteiger charge is -2.43. The lowest BCUT2D eigenvalue weighted by Crippen LogP contribution is -2.48. The molecular weight excluding hydrogens is 342 g/mol. The lowest BCUT2D eigenvalue weighted by atomic mass is 9.62. The fourth-order valence-corrected chi connectivity index (χ4v) is 3.32. The lowest BCUT2D eigenvalue weighted by molar-refractivity contribution is -0.134. The van der Waals surface area contributed by atoms with Crippen LogP contribution in [0, 0.1) is 11.3 Å². The number of carbonyl (C=O) groups is 2. The first-order chi connectivity index (χ1) is 12.9. The number of nitrogens with one attached hydrogen (secondary N) is 2. The van der Waals surface area contributed by atoms with E-state index >= 15 is 0 Å². The van der Waals surface area contributed by atoms with Crippen molar-refractivity contribution in [2.24, 2.45) is 11.3 Å². The minimum atomic E-state index is -0.436. The van der Waals surface area contributed by atoms with Gasteiger partial charge in [-0.3, -0.25) is 9.59 Å². The standard InChI is InChI=1S/C20H25N5O2/c1-20(2)10-8-14(20)18(26)23-12-15(13-6-4-3-5-7-13)24-19(27)17-22-11-9-16(21)25-17/h3-7,9,11,14-15H,8,10,12H2,1-2H3,(H,23,26)(H,24,27)(H2,21,22,25)/t14?,15-/m0/s1. The Labute approximate surface area is 158 Å². The quantitative estimate of drug-likeness (QED) is 0.724. The fraction of sp³-hybridized carbons (Fsp3) is 0.400. The van der Waals surface area contributed by atoms with Crippen molar-refractivity contribution in [2.45, 2.75) is 32.7 Å². The van der Waals surface area contributed by atoms with E-state index < -0.39 is 11.9 Å². The Balaban J connectivity index is 1.70. The minimum absolute atomic E-state index is 0.00221. The molecule has 2 atom stereocenters. The van der Waals surface area contributed by atoms with Crippen molar-refractivity contribution in [3.63, 3.8) is 0 Å². The first kappa shape index (κ1) is 18.8. The largest absolute Gasteiger partial charge is 0.384 e. The molecule has 1 aliphatic carbocycles. The highest BCUT2D eigenvalue weighted by Crippen LogP contribution is 2.45. The summed E-state index contributed by atoms with van der Waals surface area (Å²) in [5.41, 5.74) is 6.55. The van der Waals surface area contributed by atoms with Crippen molar-refractivity contribution in [3.05, 3.63) is 54.0 Å². The third-order valence-corrected chi connectivity index (χ3v) is 5.21. The zero-order valence-electron chi connectivity index (χ0n) is 15.6. The molecule has 2 aromatic rings. The van der Waals surface area contributed by atoms with Crippen LogP contribution in [-0.2, 0) is 4.79 Å². The summed E-state index contributed by atoms with van der Waals surface area (Å²) >= 11 is 0. The Morgan fingerprint density at radius 3 is 2.59 bits per heavy atom. The van der Waals surface area contributed by atoms with Crippen molar-refractivity contribution < 1.29 is 9.59 Å². The van der Waals surface area contributed by atoms with E-state index in [-0.39, 0.29) is 28.9 Å². The average molecular weight is 367 g/mol. The molecule has 1 saturated carbocycles. The van der Waals surface area contributed by atoms with Gasteiger partial charge in [-0.15, -0.1) is 0 Å². The van der Waals surface area contributed by atoms with Gasteiger partial charge in [-0.05, 0) is 29.9 Å². The maximum Gasteiger partial charge on any atom is 0.289 e. The number of nitrogens with zero attached hydrogens (tertiary/aromatic N) is 2. The van der Waals surface area contributed by atoms with Crippen LogP contribution < -0.4 is 16.4 Å². The summed E-state index contributed by atoms with van der Waals surface area (Å²) < 4.78 is 0. The van der Waals surface area contributed by atoms with E-state index in [4.69, 9.17) is 5.73 Å². The van der Waals surface area contributed by atoms with E-state index in [0.717, 1.165) is 18.4 Å². The van der Waals surface area contributed by atoms with E-state index in [1.54, 1.807) is 0 Å². The van der Waals surface area contributed by atoms with Crippen LogP contribution >= 0.6 is 0 Å². The van der Waals surface area contributed by atoms with Gasteiger partial charge in [0.2, 0.25) is 11.7 Å². The summed E-state index contributed by atoms with van der Waals surface area (Å²) in [4.78, 5) is 32.9. The van der Waals surface area contributed by atoms with Crippen LogP contribution in [0.1, 0.15) is 48.9 Å². The molecule has 3 rings (SSSR count). The molecule has 2 amide bonds. The summed E-state index contributed by atoms with van der Waals surface area (Å²) in [7, 11) is 0. The molecule has 0 saturated heterocycles. The monoisotopic (exact) mass is 367 g/mol. The predicted octanol–water partition coefficient (Wildman–Crippen LogP) is 2.08. The predicted molar refractivity (Wildman–Crippen MR) is 103 cm³/mol. The van der Waals surface area contributed by atoms with Gasteiger partial charge in [-0.2, -0.15) is 0 Å². The van der Waals surface area contributed by atoms with E-state index in [0.29, 0.717) is 6.54 Å². The molecule has 0 bridgehead atoms. The summed E-state index contributed by atoms with van der Waals surface area (Å²) in [5.74, 6) is -0.160. The molecule has 1 unspecified atom stereocenters. The second kappa shape index (κ2) is 7.73. The number of amides is 2. The molecule has 7 heteroatoms. The van der Waals surface area contributed by atoms with Crippen molar-refractivity contribution >= 4 is 17.6 Å². The second-order valence-electron chi connectivity index (χ2n) is 7.57.